The second kappa shape index (κ2) is 6.18. The molecule has 0 saturated carbocycles. The van der Waals surface area contributed by atoms with Gasteiger partial charge in [-0.2, -0.15) is 0 Å². The van der Waals surface area contributed by atoms with Gasteiger partial charge >= 0.3 is 6.03 Å². The summed E-state index contributed by atoms with van der Waals surface area (Å²) in [4.78, 5) is 25.0. The van der Waals surface area contributed by atoms with Gasteiger partial charge in [-0.1, -0.05) is 20.8 Å². The molecule has 0 bridgehead atoms. The molecule has 1 aliphatic heterocycles. The molecule has 0 aromatic heterocycles. The van der Waals surface area contributed by atoms with Crippen LogP contribution in [0.1, 0.15) is 40.5 Å². The van der Waals surface area contributed by atoms with E-state index >= 15 is 0 Å². The van der Waals surface area contributed by atoms with Crippen molar-refractivity contribution in [3.05, 3.63) is 0 Å². The zero-order valence-corrected chi connectivity index (χ0v) is 11.8. The first-order valence-electron chi connectivity index (χ1n) is 6.62. The summed E-state index contributed by atoms with van der Waals surface area (Å²) in [6.07, 6.45) is 1.62. The van der Waals surface area contributed by atoms with Crippen LogP contribution in [0.3, 0.4) is 0 Å². The van der Waals surface area contributed by atoms with Gasteiger partial charge in [-0.15, -0.1) is 0 Å². The van der Waals surface area contributed by atoms with Gasteiger partial charge in [0.15, 0.2) is 0 Å². The molecular formula is C13H24N2O3. The summed E-state index contributed by atoms with van der Waals surface area (Å²) in [6.45, 7) is 9.62. The highest BCUT2D eigenvalue weighted by Gasteiger charge is 2.47. The molecule has 0 aromatic rings. The Labute approximate surface area is 109 Å². The Hall–Kier alpha value is -1.10. The number of rotatable bonds is 7. The van der Waals surface area contributed by atoms with Crippen LogP contribution in [0.25, 0.3) is 0 Å². The number of imide groups is 1. The largest absolute Gasteiger partial charge is 0.380 e. The Morgan fingerprint density at radius 1 is 1.33 bits per heavy atom. The molecule has 5 heteroatoms. The van der Waals surface area contributed by atoms with E-state index in [1.54, 1.807) is 11.8 Å². The van der Waals surface area contributed by atoms with E-state index in [1.165, 1.54) is 0 Å². The molecule has 3 amide bonds. The van der Waals surface area contributed by atoms with Crippen molar-refractivity contribution in [1.29, 1.82) is 0 Å². The van der Waals surface area contributed by atoms with Crippen molar-refractivity contribution in [2.24, 2.45) is 5.92 Å². The maximum absolute atomic E-state index is 11.7. The monoisotopic (exact) mass is 256 g/mol. The molecule has 104 valence electrons. The van der Waals surface area contributed by atoms with E-state index in [4.69, 9.17) is 4.74 Å². The first kappa shape index (κ1) is 15.0. The lowest BCUT2D eigenvalue weighted by molar-refractivity contribution is -0.126. The number of carbonyl (C=O) groups is 2. The van der Waals surface area contributed by atoms with Crippen molar-refractivity contribution >= 4 is 11.9 Å². The third kappa shape index (κ3) is 3.22. The molecule has 1 aliphatic rings. The maximum atomic E-state index is 11.7. The molecule has 0 radical (unpaired) electrons. The summed E-state index contributed by atoms with van der Waals surface area (Å²) in [5.74, 6) is 0.403. The third-order valence-corrected chi connectivity index (χ3v) is 3.54. The van der Waals surface area contributed by atoms with Crippen LogP contribution in [-0.2, 0) is 9.53 Å². The lowest BCUT2D eigenvalue weighted by Crippen LogP contribution is -2.47. The molecular weight excluding hydrogens is 232 g/mol. The van der Waals surface area contributed by atoms with E-state index in [1.807, 2.05) is 6.92 Å². The highest BCUT2D eigenvalue weighted by Crippen LogP contribution is 2.24. The second-order valence-corrected chi connectivity index (χ2v) is 5.33. The van der Waals surface area contributed by atoms with Crippen molar-refractivity contribution in [3.63, 3.8) is 0 Å². The van der Waals surface area contributed by atoms with Crippen LogP contribution < -0.4 is 5.32 Å². The van der Waals surface area contributed by atoms with Crippen molar-refractivity contribution < 1.29 is 14.3 Å². The molecule has 1 unspecified atom stereocenters. The van der Waals surface area contributed by atoms with Gasteiger partial charge in [0, 0.05) is 13.2 Å². The topological polar surface area (TPSA) is 58.6 Å². The molecule has 0 aromatic carbocycles. The molecule has 1 N–H and O–H groups in total. The lowest BCUT2D eigenvalue weighted by atomic mass is 9.97. The van der Waals surface area contributed by atoms with Gasteiger partial charge in [0.05, 0.1) is 6.61 Å². The number of amides is 3. The van der Waals surface area contributed by atoms with Gasteiger partial charge in [-0.25, -0.2) is 4.79 Å². The van der Waals surface area contributed by atoms with Crippen LogP contribution in [0.4, 0.5) is 4.79 Å². The third-order valence-electron chi connectivity index (χ3n) is 3.54. The quantitative estimate of drug-likeness (QED) is 0.558. The molecule has 1 heterocycles. The summed E-state index contributed by atoms with van der Waals surface area (Å²) in [6, 6.07) is -0.309. The Morgan fingerprint density at radius 2 is 2.00 bits per heavy atom. The lowest BCUT2D eigenvalue weighted by Gasteiger charge is -2.30. The van der Waals surface area contributed by atoms with Crippen LogP contribution in [0.15, 0.2) is 0 Å². The van der Waals surface area contributed by atoms with E-state index in [-0.39, 0.29) is 11.9 Å². The van der Waals surface area contributed by atoms with E-state index in [9.17, 15) is 9.59 Å². The van der Waals surface area contributed by atoms with Crippen LogP contribution >= 0.6 is 0 Å². The van der Waals surface area contributed by atoms with Gasteiger partial charge in [0.1, 0.15) is 5.54 Å². The number of nitrogens with zero attached hydrogens (tertiary/aromatic N) is 1. The summed E-state index contributed by atoms with van der Waals surface area (Å²) in [5, 5.41) is 2.36. The number of hydrogen-bond donors (Lipinski definition) is 1. The standard InChI is InChI=1S/C13H24N2O3/c1-5-13(4)11(16)14-12(17)15(13)7-9-18-8-6-10(2)3/h10H,5-9H2,1-4H3,(H,14,16,17). The minimum absolute atomic E-state index is 0.211. The Bertz CT molecular complexity index is 317. The molecule has 1 atom stereocenters. The summed E-state index contributed by atoms with van der Waals surface area (Å²) in [7, 11) is 0. The van der Waals surface area contributed by atoms with Crippen LogP contribution in [-0.4, -0.2) is 42.1 Å². The van der Waals surface area contributed by atoms with Crippen LogP contribution in [0, 0.1) is 5.92 Å². The van der Waals surface area contributed by atoms with Crippen LogP contribution in [0.2, 0.25) is 0 Å². The van der Waals surface area contributed by atoms with Gasteiger partial charge in [0.2, 0.25) is 0 Å². The fourth-order valence-corrected chi connectivity index (χ4v) is 1.92. The molecule has 1 rings (SSSR count). The first-order chi connectivity index (χ1) is 8.41. The highest BCUT2D eigenvalue weighted by molar-refractivity contribution is 6.06. The van der Waals surface area contributed by atoms with E-state index in [0.29, 0.717) is 32.1 Å². The molecule has 0 spiro atoms. The maximum Gasteiger partial charge on any atom is 0.325 e. The fraction of sp³-hybridized carbons (Fsp3) is 0.846. The fourth-order valence-electron chi connectivity index (χ4n) is 1.92. The molecule has 18 heavy (non-hydrogen) atoms. The first-order valence-corrected chi connectivity index (χ1v) is 6.62. The highest BCUT2D eigenvalue weighted by atomic mass is 16.5. The van der Waals surface area contributed by atoms with Crippen LogP contribution in [0.5, 0.6) is 0 Å². The van der Waals surface area contributed by atoms with Crippen molar-refractivity contribution in [2.45, 2.75) is 46.1 Å². The van der Waals surface area contributed by atoms with Gasteiger partial charge < -0.3 is 9.64 Å². The van der Waals surface area contributed by atoms with E-state index in [0.717, 1.165) is 6.42 Å². The van der Waals surface area contributed by atoms with E-state index < -0.39 is 5.54 Å². The Kier molecular flexibility index (Phi) is 5.14. The summed E-state index contributed by atoms with van der Waals surface area (Å²) in [5.41, 5.74) is -0.724. The number of nitrogens with one attached hydrogen (secondary N) is 1. The number of urea groups is 1. The summed E-state index contributed by atoms with van der Waals surface area (Å²) < 4.78 is 5.49. The molecule has 1 fully saturated rings. The minimum atomic E-state index is -0.724. The molecule has 0 aliphatic carbocycles. The minimum Gasteiger partial charge on any atom is -0.380 e. The number of carbonyl (C=O) groups excluding carboxylic acids is 2. The predicted octanol–water partition coefficient (Wildman–Crippen LogP) is 1.77. The van der Waals surface area contributed by atoms with Crippen molar-refractivity contribution in [1.82, 2.24) is 10.2 Å². The number of ether oxygens (including phenoxy) is 1. The Morgan fingerprint density at radius 3 is 2.56 bits per heavy atom. The zero-order valence-electron chi connectivity index (χ0n) is 11.8. The molecule has 1 saturated heterocycles. The SMILES string of the molecule is CCC1(C)C(=O)NC(=O)N1CCOCCC(C)C. The molecule has 5 nitrogen and oxygen atoms in total. The zero-order chi connectivity index (χ0) is 13.8. The predicted molar refractivity (Wildman–Crippen MR) is 69.2 cm³/mol. The average molecular weight is 256 g/mol. The average Bonchev–Trinajstić information content (AvgIpc) is 2.51. The normalized spacial score (nSPS) is 23.9. The smallest absolute Gasteiger partial charge is 0.325 e. The number of hydrogen-bond acceptors (Lipinski definition) is 3. The van der Waals surface area contributed by atoms with Gasteiger partial charge in [-0.05, 0) is 25.7 Å². The van der Waals surface area contributed by atoms with Crippen molar-refractivity contribution in [2.75, 3.05) is 19.8 Å². The van der Waals surface area contributed by atoms with Gasteiger partial charge in [-0.3, -0.25) is 10.1 Å². The van der Waals surface area contributed by atoms with Crippen molar-refractivity contribution in [3.8, 4) is 0 Å². The van der Waals surface area contributed by atoms with E-state index in [2.05, 4.69) is 19.2 Å². The second-order valence-electron chi connectivity index (χ2n) is 5.33. The van der Waals surface area contributed by atoms with Gasteiger partial charge in [0.25, 0.3) is 5.91 Å². The summed E-state index contributed by atoms with van der Waals surface area (Å²) >= 11 is 0. The Balaban J connectivity index is 2.40.